The summed E-state index contributed by atoms with van der Waals surface area (Å²) in [6, 6.07) is 3.73. The monoisotopic (exact) mass is 355 g/mol. The molecule has 1 atom stereocenters. The van der Waals surface area contributed by atoms with Crippen LogP contribution in [0.4, 0.5) is 0 Å². The van der Waals surface area contributed by atoms with E-state index in [1.807, 2.05) is 28.5 Å². The van der Waals surface area contributed by atoms with Crippen LogP contribution in [-0.2, 0) is 6.54 Å². The van der Waals surface area contributed by atoms with Crippen molar-refractivity contribution < 1.29 is 9.59 Å². The topological polar surface area (TPSA) is 71.3 Å². The predicted molar refractivity (Wildman–Crippen MR) is 98.0 cm³/mol. The molecule has 2 amide bonds. The van der Waals surface area contributed by atoms with Crippen molar-refractivity contribution in [1.29, 1.82) is 0 Å². The van der Waals surface area contributed by atoms with Crippen LogP contribution in [0.15, 0.2) is 30.9 Å². The molecular formula is C19H25N5O2. The molecule has 1 saturated heterocycles. The number of nitrogens with zero attached hydrogens (tertiary/aromatic N) is 5. The van der Waals surface area contributed by atoms with Gasteiger partial charge in [0.2, 0.25) is 0 Å². The van der Waals surface area contributed by atoms with Crippen molar-refractivity contribution in [2.45, 2.75) is 32.2 Å². The fraction of sp³-hybridized carbons (Fsp3) is 0.474. The van der Waals surface area contributed by atoms with E-state index >= 15 is 0 Å². The first-order valence-corrected chi connectivity index (χ1v) is 8.98. The van der Waals surface area contributed by atoms with Crippen molar-refractivity contribution in [3.05, 3.63) is 47.8 Å². The molecule has 0 aromatic carbocycles. The Hall–Kier alpha value is -2.70. The van der Waals surface area contributed by atoms with Crippen LogP contribution < -0.4 is 0 Å². The molecule has 138 valence electrons. The predicted octanol–water partition coefficient (Wildman–Crippen LogP) is 2.02. The summed E-state index contributed by atoms with van der Waals surface area (Å²) in [7, 11) is 3.45. The standard InChI is InChI=1S/C19H25N5O2/c1-4-23-13-20-11-17(23)19(26)24-9-5-6-15(12-24)16-8-7-14(10-21-16)18(25)22(2)3/h7-8,10-11,13,15H,4-6,9,12H2,1-3H3/t15-/m0/s1. The number of imidazole rings is 1. The molecule has 26 heavy (non-hydrogen) atoms. The van der Waals surface area contributed by atoms with E-state index < -0.39 is 0 Å². The van der Waals surface area contributed by atoms with E-state index in [1.54, 1.807) is 32.8 Å². The Kier molecular flexibility index (Phi) is 5.35. The average Bonchev–Trinajstić information content (AvgIpc) is 3.15. The lowest BCUT2D eigenvalue weighted by Gasteiger charge is -2.32. The highest BCUT2D eigenvalue weighted by atomic mass is 16.2. The van der Waals surface area contributed by atoms with Gasteiger partial charge in [0.25, 0.3) is 11.8 Å². The average molecular weight is 355 g/mol. The molecule has 1 aliphatic rings. The van der Waals surface area contributed by atoms with Gasteiger partial charge in [0.05, 0.1) is 18.1 Å². The number of rotatable bonds is 4. The highest BCUT2D eigenvalue weighted by Crippen LogP contribution is 2.26. The van der Waals surface area contributed by atoms with Crippen molar-refractivity contribution in [3.8, 4) is 0 Å². The number of amides is 2. The minimum Gasteiger partial charge on any atom is -0.345 e. The third kappa shape index (κ3) is 3.61. The molecule has 1 aliphatic heterocycles. The van der Waals surface area contributed by atoms with Gasteiger partial charge in [0.15, 0.2) is 0 Å². The summed E-state index contributed by atoms with van der Waals surface area (Å²) in [5.74, 6) is 0.153. The van der Waals surface area contributed by atoms with Gasteiger partial charge in [0.1, 0.15) is 5.69 Å². The van der Waals surface area contributed by atoms with Crippen LogP contribution >= 0.6 is 0 Å². The number of aryl methyl sites for hydroxylation is 1. The summed E-state index contributed by atoms with van der Waals surface area (Å²) in [5, 5.41) is 0. The Morgan fingerprint density at radius 1 is 1.27 bits per heavy atom. The van der Waals surface area contributed by atoms with Crippen LogP contribution in [-0.4, -0.2) is 63.3 Å². The summed E-state index contributed by atoms with van der Waals surface area (Å²) in [4.78, 5) is 36.8. The van der Waals surface area contributed by atoms with E-state index in [2.05, 4.69) is 9.97 Å². The van der Waals surface area contributed by atoms with Gasteiger partial charge in [-0.1, -0.05) is 0 Å². The molecule has 3 heterocycles. The largest absolute Gasteiger partial charge is 0.345 e. The first kappa shape index (κ1) is 18.1. The van der Waals surface area contributed by atoms with Crippen molar-refractivity contribution >= 4 is 11.8 Å². The third-order valence-corrected chi connectivity index (χ3v) is 4.84. The molecule has 7 heteroatoms. The van der Waals surface area contributed by atoms with Gasteiger partial charge in [-0.05, 0) is 31.9 Å². The molecule has 0 radical (unpaired) electrons. The van der Waals surface area contributed by atoms with Crippen molar-refractivity contribution in [2.24, 2.45) is 0 Å². The number of pyridine rings is 1. The second kappa shape index (κ2) is 7.68. The Morgan fingerprint density at radius 2 is 2.08 bits per heavy atom. The van der Waals surface area contributed by atoms with E-state index in [-0.39, 0.29) is 17.7 Å². The zero-order valence-electron chi connectivity index (χ0n) is 15.6. The Morgan fingerprint density at radius 3 is 2.73 bits per heavy atom. The summed E-state index contributed by atoms with van der Waals surface area (Å²) in [5.41, 5.74) is 2.14. The molecule has 0 bridgehead atoms. The van der Waals surface area contributed by atoms with Gasteiger partial charge >= 0.3 is 0 Å². The Bertz CT molecular complexity index is 781. The molecule has 7 nitrogen and oxygen atoms in total. The molecular weight excluding hydrogens is 330 g/mol. The molecule has 2 aromatic heterocycles. The van der Waals surface area contributed by atoms with Crippen LogP contribution in [0.2, 0.25) is 0 Å². The van der Waals surface area contributed by atoms with Gasteiger partial charge in [0, 0.05) is 51.5 Å². The minimum absolute atomic E-state index is 0.0217. The molecule has 1 fully saturated rings. The second-order valence-electron chi connectivity index (χ2n) is 6.83. The zero-order valence-corrected chi connectivity index (χ0v) is 15.6. The second-order valence-corrected chi connectivity index (χ2v) is 6.83. The first-order chi connectivity index (χ1) is 12.5. The lowest BCUT2D eigenvalue weighted by atomic mass is 9.93. The molecule has 2 aromatic rings. The highest BCUT2D eigenvalue weighted by molar-refractivity contribution is 5.93. The number of carbonyl (C=O) groups excluding carboxylic acids is 2. The number of hydrogen-bond acceptors (Lipinski definition) is 4. The SMILES string of the molecule is CCn1cncc1C(=O)N1CCC[C@H](c2ccc(C(=O)N(C)C)cn2)C1. The van der Waals surface area contributed by atoms with Gasteiger partial charge in [-0.2, -0.15) is 0 Å². The van der Waals surface area contributed by atoms with Crippen LogP contribution in [0.3, 0.4) is 0 Å². The Labute approximate surface area is 153 Å². The highest BCUT2D eigenvalue weighted by Gasteiger charge is 2.27. The lowest BCUT2D eigenvalue weighted by Crippen LogP contribution is -2.40. The number of piperidine rings is 1. The van der Waals surface area contributed by atoms with Gasteiger partial charge in [-0.15, -0.1) is 0 Å². The quantitative estimate of drug-likeness (QED) is 0.841. The van der Waals surface area contributed by atoms with E-state index in [0.29, 0.717) is 17.8 Å². The van der Waals surface area contributed by atoms with E-state index in [9.17, 15) is 9.59 Å². The third-order valence-electron chi connectivity index (χ3n) is 4.84. The molecule has 0 aliphatic carbocycles. The van der Waals surface area contributed by atoms with E-state index in [0.717, 1.165) is 31.6 Å². The van der Waals surface area contributed by atoms with Crippen LogP contribution in [0.25, 0.3) is 0 Å². The fourth-order valence-corrected chi connectivity index (χ4v) is 3.35. The summed E-state index contributed by atoms with van der Waals surface area (Å²) < 4.78 is 1.87. The number of carbonyl (C=O) groups is 2. The zero-order chi connectivity index (χ0) is 18.7. The molecule has 0 saturated carbocycles. The van der Waals surface area contributed by atoms with Crippen LogP contribution in [0, 0.1) is 0 Å². The van der Waals surface area contributed by atoms with Crippen molar-refractivity contribution in [1.82, 2.24) is 24.3 Å². The number of aromatic nitrogens is 3. The normalized spacial score (nSPS) is 17.2. The van der Waals surface area contributed by atoms with Gasteiger partial charge < -0.3 is 14.4 Å². The van der Waals surface area contributed by atoms with Gasteiger partial charge in [-0.3, -0.25) is 14.6 Å². The smallest absolute Gasteiger partial charge is 0.272 e. The maximum absolute atomic E-state index is 12.8. The van der Waals surface area contributed by atoms with E-state index in [1.165, 1.54) is 4.90 Å². The van der Waals surface area contributed by atoms with Crippen LogP contribution in [0.1, 0.15) is 52.2 Å². The summed E-state index contributed by atoms with van der Waals surface area (Å²) >= 11 is 0. The maximum atomic E-state index is 12.8. The van der Waals surface area contributed by atoms with Crippen molar-refractivity contribution in [3.63, 3.8) is 0 Å². The van der Waals surface area contributed by atoms with Crippen molar-refractivity contribution in [2.75, 3.05) is 27.2 Å². The number of hydrogen-bond donors (Lipinski definition) is 0. The molecule has 0 N–H and O–H groups in total. The Balaban J connectivity index is 1.72. The maximum Gasteiger partial charge on any atom is 0.272 e. The lowest BCUT2D eigenvalue weighted by molar-refractivity contribution is 0.0695. The number of likely N-dealkylation sites (tertiary alicyclic amines) is 1. The van der Waals surface area contributed by atoms with E-state index in [4.69, 9.17) is 0 Å². The molecule has 3 rings (SSSR count). The van der Waals surface area contributed by atoms with Gasteiger partial charge in [-0.25, -0.2) is 4.98 Å². The summed E-state index contributed by atoms with van der Waals surface area (Å²) in [6.45, 7) is 4.11. The first-order valence-electron chi connectivity index (χ1n) is 8.98. The molecule has 0 spiro atoms. The van der Waals surface area contributed by atoms with Crippen LogP contribution in [0.5, 0.6) is 0 Å². The molecule has 0 unspecified atom stereocenters. The summed E-state index contributed by atoms with van der Waals surface area (Å²) in [6.07, 6.45) is 6.89. The minimum atomic E-state index is -0.0580. The fourth-order valence-electron chi connectivity index (χ4n) is 3.35.